The predicted molar refractivity (Wildman–Crippen MR) is 77.2 cm³/mol. The van der Waals surface area contributed by atoms with E-state index in [0.29, 0.717) is 22.3 Å². The first kappa shape index (κ1) is 13.2. The van der Waals surface area contributed by atoms with Crippen LogP contribution in [0.15, 0.2) is 42.5 Å². The summed E-state index contributed by atoms with van der Waals surface area (Å²) >= 11 is 9.51. The molecule has 0 aliphatic rings. The van der Waals surface area contributed by atoms with Crippen LogP contribution in [0.1, 0.15) is 5.56 Å². The first-order valence-corrected chi connectivity index (χ1v) is 6.90. The van der Waals surface area contributed by atoms with Crippen molar-refractivity contribution in [1.82, 2.24) is 0 Å². The van der Waals surface area contributed by atoms with Gasteiger partial charge in [0.2, 0.25) is 0 Å². The maximum atomic E-state index is 6.13. The third-order valence-electron chi connectivity index (χ3n) is 2.47. The van der Waals surface area contributed by atoms with Crippen molar-refractivity contribution in [2.75, 3.05) is 7.11 Å². The molecule has 2 nitrogen and oxygen atoms in total. The standard InChI is InChI=1S/C14H12BrClO2/c1-17-13-4-2-3-5-14(13)18-11-7-6-10(9-15)12(16)8-11/h2-8H,9H2,1H3. The van der Waals surface area contributed by atoms with Crippen molar-refractivity contribution in [3.63, 3.8) is 0 Å². The molecule has 2 aromatic rings. The summed E-state index contributed by atoms with van der Waals surface area (Å²) in [5.41, 5.74) is 1.03. The van der Waals surface area contributed by atoms with Gasteiger partial charge in [-0.2, -0.15) is 0 Å². The van der Waals surface area contributed by atoms with Gasteiger partial charge in [0.1, 0.15) is 5.75 Å². The van der Waals surface area contributed by atoms with Gasteiger partial charge in [-0.05, 0) is 29.8 Å². The van der Waals surface area contributed by atoms with E-state index in [1.807, 2.05) is 36.4 Å². The molecule has 0 aliphatic heterocycles. The fourth-order valence-electron chi connectivity index (χ4n) is 1.53. The Hall–Kier alpha value is -1.19. The van der Waals surface area contributed by atoms with Crippen LogP contribution in [0.4, 0.5) is 0 Å². The zero-order valence-electron chi connectivity index (χ0n) is 9.82. The van der Waals surface area contributed by atoms with Crippen molar-refractivity contribution in [2.45, 2.75) is 5.33 Å². The number of methoxy groups -OCH3 is 1. The number of rotatable bonds is 4. The van der Waals surface area contributed by atoms with E-state index in [2.05, 4.69) is 15.9 Å². The second-order valence-corrected chi connectivity index (χ2v) is 4.61. The Balaban J connectivity index is 2.26. The van der Waals surface area contributed by atoms with Gasteiger partial charge in [0.05, 0.1) is 7.11 Å². The van der Waals surface area contributed by atoms with Gasteiger partial charge >= 0.3 is 0 Å². The van der Waals surface area contributed by atoms with Gasteiger partial charge in [0.15, 0.2) is 11.5 Å². The molecule has 94 valence electrons. The van der Waals surface area contributed by atoms with Crippen LogP contribution >= 0.6 is 27.5 Å². The van der Waals surface area contributed by atoms with Crippen LogP contribution in [0.2, 0.25) is 5.02 Å². The molecule has 0 heterocycles. The van der Waals surface area contributed by atoms with Crippen LogP contribution in [0, 0.1) is 0 Å². The minimum Gasteiger partial charge on any atom is -0.493 e. The highest BCUT2D eigenvalue weighted by Gasteiger charge is 2.06. The number of halogens is 2. The molecule has 0 fully saturated rings. The Bertz CT molecular complexity index is 543. The lowest BCUT2D eigenvalue weighted by Crippen LogP contribution is -1.90. The van der Waals surface area contributed by atoms with Crippen LogP contribution in [0.25, 0.3) is 0 Å². The average molecular weight is 328 g/mol. The summed E-state index contributed by atoms with van der Waals surface area (Å²) in [4.78, 5) is 0. The normalized spacial score (nSPS) is 10.2. The molecule has 0 bridgehead atoms. The average Bonchev–Trinajstić information content (AvgIpc) is 2.39. The van der Waals surface area contributed by atoms with E-state index in [9.17, 15) is 0 Å². The molecule has 0 saturated heterocycles. The molecule has 0 radical (unpaired) electrons. The van der Waals surface area contributed by atoms with Crippen LogP contribution in [-0.4, -0.2) is 7.11 Å². The van der Waals surface area contributed by atoms with E-state index in [4.69, 9.17) is 21.1 Å². The lowest BCUT2D eigenvalue weighted by atomic mass is 10.2. The van der Waals surface area contributed by atoms with Gasteiger partial charge in [0, 0.05) is 10.4 Å². The number of alkyl halides is 1. The molecule has 0 atom stereocenters. The molecular weight excluding hydrogens is 316 g/mol. The minimum atomic E-state index is 0.669. The summed E-state index contributed by atoms with van der Waals surface area (Å²) in [7, 11) is 1.61. The second-order valence-electron chi connectivity index (χ2n) is 3.64. The van der Waals surface area contributed by atoms with Crippen LogP contribution in [-0.2, 0) is 5.33 Å². The van der Waals surface area contributed by atoms with Crippen molar-refractivity contribution in [3.05, 3.63) is 53.1 Å². The molecular formula is C14H12BrClO2. The number of hydrogen-bond donors (Lipinski definition) is 0. The fourth-order valence-corrected chi connectivity index (χ4v) is 2.42. The van der Waals surface area contributed by atoms with E-state index in [1.54, 1.807) is 13.2 Å². The van der Waals surface area contributed by atoms with Crippen molar-refractivity contribution in [1.29, 1.82) is 0 Å². The maximum Gasteiger partial charge on any atom is 0.169 e. The third-order valence-corrected chi connectivity index (χ3v) is 3.42. The summed E-state index contributed by atoms with van der Waals surface area (Å²) in [6.45, 7) is 0. The molecule has 0 spiro atoms. The second kappa shape index (κ2) is 6.12. The fraction of sp³-hybridized carbons (Fsp3) is 0.143. The van der Waals surface area contributed by atoms with Gasteiger partial charge in [-0.15, -0.1) is 0 Å². The molecule has 0 amide bonds. The molecule has 0 N–H and O–H groups in total. The maximum absolute atomic E-state index is 6.13. The number of hydrogen-bond acceptors (Lipinski definition) is 2. The van der Waals surface area contributed by atoms with Crippen molar-refractivity contribution in [3.8, 4) is 17.2 Å². The summed E-state index contributed by atoms with van der Waals surface area (Å²) in [6.07, 6.45) is 0. The Labute approximate surface area is 120 Å². The highest BCUT2D eigenvalue weighted by molar-refractivity contribution is 9.08. The summed E-state index contributed by atoms with van der Waals surface area (Å²) in [5, 5.41) is 1.40. The summed E-state index contributed by atoms with van der Waals surface area (Å²) < 4.78 is 11.0. The summed E-state index contributed by atoms with van der Waals surface area (Å²) in [5.74, 6) is 2.05. The van der Waals surface area contributed by atoms with Crippen molar-refractivity contribution >= 4 is 27.5 Å². The molecule has 0 saturated carbocycles. The predicted octanol–water partition coefficient (Wildman–Crippen LogP) is 5.04. The SMILES string of the molecule is COc1ccccc1Oc1ccc(CBr)c(Cl)c1. The van der Waals surface area contributed by atoms with E-state index in [0.717, 1.165) is 10.9 Å². The number of para-hydroxylation sites is 2. The Morgan fingerprint density at radius 2 is 1.83 bits per heavy atom. The van der Waals surface area contributed by atoms with Crippen LogP contribution in [0.3, 0.4) is 0 Å². The third kappa shape index (κ3) is 2.98. The number of ether oxygens (including phenoxy) is 2. The zero-order chi connectivity index (χ0) is 13.0. The van der Waals surface area contributed by atoms with Gasteiger partial charge in [-0.1, -0.05) is 45.7 Å². The Kier molecular flexibility index (Phi) is 4.50. The highest BCUT2D eigenvalue weighted by Crippen LogP contribution is 2.33. The van der Waals surface area contributed by atoms with Crippen molar-refractivity contribution < 1.29 is 9.47 Å². The van der Waals surface area contributed by atoms with Crippen molar-refractivity contribution in [2.24, 2.45) is 0 Å². The van der Waals surface area contributed by atoms with E-state index in [1.165, 1.54) is 0 Å². The summed E-state index contributed by atoms with van der Waals surface area (Å²) in [6, 6.07) is 13.1. The van der Waals surface area contributed by atoms with Gasteiger partial charge in [-0.3, -0.25) is 0 Å². The Morgan fingerprint density at radius 1 is 1.11 bits per heavy atom. The molecule has 2 aromatic carbocycles. The molecule has 4 heteroatoms. The van der Waals surface area contributed by atoms with E-state index >= 15 is 0 Å². The Morgan fingerprint density at radius 3 is 2.44 bits per heavy atom. The quantitative estimate of drug-likeness (QED) is 0.733. The zero-order valence-corrected chi connectivity index (χ0v) is 12.2. The smallest absolute Gasteiger partial charge is 0.169 e. The van der Waals surface area contributed by atoms with E-state index < -0.39 is 0 Å². The molecule has 0 unspecified atom stereocenters. The molecule has 2 rings (SSSR count). The highest BCUT2D eigenvalue weighted by atomic mass is 79.9. The van der Waals surface area contributed by atoms with Gasteiger partial charge < -0.3 is 9.47 Å². The number of benzene rings is 2. The monoisotopic (exact) mass is 326 g/mol. The van der Waals surface area contributed by atoms with Crippen LogP contribution in [0.5, 0.6) is 17.2 Å². The van der Waals surface area contributed by atoms with Crippen LogP contribution < -0.4 is 9.47 Å². The minimum absolute atomic E-state index is 0.669. The largest absolute Gasteiger partial charge is 0.493 e. The molecule has 0 aliphatic carbocycles. The first-order valence-electron chi connectivity index (χ1n) is 5.40. The first-order chi connectivity index (χ1) is 8.74. The topological polar surface area (TPSA) is 18.5 Å². The van der Waals surface area contributed by atoms with E-state index in [-0.39, 0.29) is 0 Å². The lowest BCUT2D eigenvalue weighted by Gasteiger charge is -2.10. The molecule has 0 aromatic heterocycles. The van der Waals surface area contributed by atoms with Gasteiger partial charge in [-0.25, -0.2) is 0 Å². The lowest BCUT2D eigenvalue weighted by molar-refractivity contribution is 0.379. The molecule has 18 heavy (non-hydrogen) atoms. The van der Waals surface area contributed by atoms with Gasteiger partial charge in [0.25, 0.3) is 0 Å².